The maximum absolute atomic E-state index is 2.85. The van der Waals surface area contributed by atoms with E-state index in [1.165, 1.54) is 71.1 Å². The maximum Gasteiger partial charge on any atom is 0.0139 e. The summed E-state index contributed by atoms with van der Waals surface area (Å²) in [6.07, 6.45) is 10.4. The molecule has 96 valence electrons. The SMILES string of the molecule is C1CCN2C[C@@H]3[C@H](C[C@H]2C1)CN1CCCC[C@@H]31. The summed E-state index contributed by atoms with van der Waals surface area (Å²) in [4.78, 5) is 5.69. The van der Waals surface area contributed by atoms with Gasteiger partial charge >= 0.3 is 0 Å². The predicted octanol–water partition coefficient (Wildman–Crippen LogP) is 2.35. The van der Waals surface area contributed by atoms with E-state index >= 15 is 0 Å². The van der Waals surface area contributed by atoms with Crippen LogP contribution in [0.15, 0.2) is 0 Å². The number of nitrogens with zero attached hydrogens (tertiary/aromatic N) is 2. The standard InChI is InChI=1S/C15H26N2/c1-3-7-16-11-14-12(9-13(16)5-1)10-17-8-4-2-6-15(14)17/h12-15H,1-11H2/t12-,13-,14-,15+/m1/s1. The van der Waals surface area contributed by atoms with E-state index in [-0.39, 0.29) is 0 Å². The van der Waals surface area contributed by atoms with Crippen LogP contribution in [0.1, 0.15) is 44.9 Å². The normalized spacial score (nSPS) is 47.3. The predicted molar refractivity (Wildman–Crippen MR) is 70.0 cm³/mol. The smallest absolute Gasteiger partial charge is 0.0139 e. The van der Waals surface area contributed by atoms with Crippen molar-refractivity contribution in [3.05, 3.63) is 0 Å². The molecule has 0 aromatic heterocycles. The lowest BCUT2D eigenvalue weighted by atomic mass is 9.77. The van der Waals surface area contributed by atoms with Gasteiger partial charge in [0.2, 0.25) is 0 Å². The van der Waals surface area contributed by atoms with Crippen molar-refractivity contribution < 1.29 is 0 Å². The molecule has 4 aliphatic rings. The van der Waals surface area contributed by atoms with Crippen molar-refractivity contribution in [2.24, 2.45) is 11.8 Å². The second-order valence-corrected chi connectivity index (χ2v) is 6.86. The first-order chi connectivity index (χ1) is 8.42. The van der Waals surface area contributed by atoms with Crippen molar-refractivity contribution in [1.82, 2.24) is 9.80 Å². The molecule has 0 unspecified atom stereocenters. The molecule has 0 saturated carbocycles. The zero-order valence-electron chi connectivity index (χ0n) is 11.0. The second kappa shape index (κ2) is 4.24. The second-order valence-electron chi connectivity index (χ2n) is 6.86. The van der Waals surface area contributed by atoms with Gasteiger partial charge in [-0.3, -0.25) is 4.90 Å². The molecule has 0 aromatic rings. The minimum absolute atomic E-state index is 0.964. The molecule has 4 aliphatic heterocycles. The molecule has 0 aromatic carbocycles. The minimum Gasteiger partial charge on any atom is -0.300 e. The summed E-state index contributed by atoms with van der Waals surface area (Å²) in [6.45, 7) is 5.69. The Labute approximate surface area is 105 Å². The fourth-order valence-corrected chi connectivity index (χ4v) is 5.19. The zero-order chi connectivity index (χ0) is 11.2. The molecular weight excluding hydrogens is 208 g/mol. The van der Waals surface area contributed by atoms with Gasteiger partial charge in [-0.05, 0) is 57.0 Å². The molecule has 0 radical (unpaired) electrons. The van der Waals surface area contributed by atoms with E-state index in [1.807, 2.05) is 0 Å². The van der Waals surface area contributed by atoms with E-state index in [0.29, 0.717) is 0 Å². The van der Waals surface area contributed by atoms with Crippen LogP contribution in [0, 0.1) is 11.8 Å². The largest absolute Gasteiger partial charge is 0.300 e. The third-order valence-corrected chi connectivity index (χ3v) is 6.00. The monoisotopic (exact) mass is 234 g/mol. The first kappa shape index (κ1) is 10.8. The minimum atomic E-state index is 0.964. The summed E-state index contributed by atoms with van der Waals surface area (Å²) < 4.78 is 0. The Balaban J connectivity index is 1.52. The number of hydrogen-bond acceptors (Lipinski definition) is 2. The Morgan fingerprint density at radius 1 is 0.765 bits per heavy atom. The van der Waals surface area contributed by atoms with Crippen LogP contribution < -0.4 is 0 Å². The van der Waals surface area contributed by atoms with Gasteiger partial charge in [0.15, 0.2) is 0 Å². The lowest BCUT2D eigenvalue weighted by Crippen LogP contribution is -2.51. The van der Waals surface area contributed by atoms with Crippen molar-refractivity contribution >= 4 is 0 Å². The molecule has 4 saturated heterocycles. The summed E-state index contributed by atoms with van der Waals surface area (Å²) in [6, 6.07) is 1.93. The van der Waals surface area contributed by atoms with Gasteiger partial charge in [0.25, 0.3) is 0 Å². The summed E-state index contributed by atoms with van der Waals surface area (Å²) in [7, 11) is 0. The average molecular weight is 234 g/mol. The van der Waals surface area contributed by atoms with Crippen LogP contribution in [0.2, 0.25) is 0 Å². The maximum atomic E-state index is 2.85. The molecule has 4 fully saturated rings. The third kappa shape index (κ3) is 1.76. The van der Waals surface area contributed by atoms with E-state index in [0.717, 1.165) is 23.9 Å². The van der Waals surface area contributed by atoms with Crippen LogP contribution in [0.4, 0.5) is 0 Å². The van der Waals surface area contributed by atoms with E-state index in [4.69, 9.17) is 0 Å². The van der Waals surface area contributed by atoms with Crippen molar-refractivity contribution in [3.63, 3.8) is 0 Å². The van der Waals surface area contributed by atoms with Gasteiger partial charge in [-0.1, -0.05) is 12.8 Å². The molecule has 2 nitrogen and oxygen atoms in total. The fourth-order valence-electron chi connectivity index (χ4n) is 5.19. The van der Waals surface area contributed by atoms with Gasteiger partial charge in [0.1, 0.15) is 0 Å². The molecule has 0 amide bonds. The Morgan fingerprint density at radius 3 is 2.53 bits per heavy atom. The summed E-state index contributed by atoms with van der Waals surface area (Å²) >= 11 is 0. The van der Waals surface area contributed by atoms with Gasteiger partial charge in [-0.25, -0.2) is 0 Å². The van der Waals surface area contributed by atoms with Crippen molar-refractivity contribution in [2.45, 2.75) is 57.0 Å². The molecule has 17 heavy (non-hydrogen) atoms. The fraction of sp³-hybridized carbons (Fsp3) is 1.00. The van der Waals surface area contributed by atoms with E-state index < -0.39 is 0 Å². The van der Waals surface area contributed by atoms with Crippen molar-refractivity contribution in [1.29, 1.82) is 0 Å². The molecule has 0 bridgehead atoms. The van der Waals surface area contributed by atoms with Crippen LogP contribution in [-0.4, -0.2) is 48.1 Å². The van der Waals surface area contributed by atoms with Crippen LogP contribution in [-0.2, 0) is 0 Å². The molecule has 4 rings (SSSR count). The first-order valence-corrected chi connectivity index (χ1v) is 7.90. The van der Waals surface area contributed by atoms with Crippen molar-refractivity contribution in [2.75, 3.05) is 26.2 Å². The average Bonchev–Trinajstić information content (AvgIpc) is 2.73. The highest BCUT2D eigenvalue weighted by atomic mass is 15.2. The summed E-state index contributed by atoms with van der Waals surface area (Å²) in [5, 5.41) is 0. The number of rotatable bonds is 0. The number of hydrogen-bond donors (Lipinski definition) is 0. The van der Waals surface area contributed by atoms with Crippen LogP contribution in [0.25, 0.3) is 0 Å². The van der Waals surface area contributed by atoms with Crippen LogP contribution >= 0.6 is 0 Å². The van der Waals surface area contributed by atoms with Crippen LogP contribution in [0.3, 0.4) is 0 Å². The van der Waals surface area contributed by atoms with Gasteiger partial charge in [-0.2, -0.15) is 0 Å². The summed E-state index contributed by atoms with van der Waals surface area (Å²) in [5.41, 5.74) is 0. The highest BCUT2D eigenvalue weighted by Crippen LogP contribution is 2.43. The quantitative estimate of drug-likeness (QED) is 0.635. The highest BCUT2D eigenvalue weighted by Gasteiger charge is 2.47. The van der Waals surface area contributed by atoms with Crippen molar-refractivity contribution in [3.8, 4) is 0 Å². The van der Waals surface area contributed by atoms with Gasteiger partial charge in [-0.15, -0.1) is 0 Å². The zero-order valence-corrected chi connectivity index (χ0v) is 11.0. The first-order valence-electron chi connectivity index (χ1n) is 7.90. The third-order valence-electron chi connectivity index (χ3n) is 6.00. The van der Waals surface area contributed by atoms with Crippen LogP contribution in [0.5, 0.6) is 0 Å². The number of fused-ring (bicyclic) bond motifs is 4. The molecule has 0 aliphatic carbocycles. The Bertz CT molecular complexity index is 289. The van der Waals surface area contributed by atoms with E-state index in [1.54, 1.807) is 0 Å². The molecular formula is C15H26N2. The molecule has 0 spiro atoms. The summed E-state index contributed by atoms with van der Waals surface area (Å²) in [5.74, 6) is 2.09. The van der Waals surface area contributed by atoms with Gasteiger partial charge in [0, 0.05) is 25.2 Å². The topological polar surface area (TPSA) is 6.48 Å². The lowest BCUT2D eigenvalue weighted by Gasteiger charge is -2.45. The Kier molecular flexibility index (Phi) is 2.69. The molecule has 4 atom stereocenters. The molecule has 2 heteroatoms. The lowest BCUT2D eigenvalue weighted by molar-refractivity contribution is 0.0418. The van der Waals surface area contributed by atoms with E-state index in [9.17, 15) is 0 Å². The molecule has 4 heterocycles. The Hall–Kier alpha value is -0.0800. The Morgan fingerprint density at radius 2 is 1.59 bits per heavy atom. The van der Waals surface area contributed by atoms with Gasteiger partial charge in [0.05, 0.1) is 0 Å². The molecule has 0 N–H and O–H groups in total. The van der Waals surface area contributed by atoms with E-state index in [2.05, 4.69) is 9.80 Å². The highest BCUT2D eigenvalue weighted by molar-refractivity contribution is 5.01. The van der Waals surface area contributed by atoms with Gasteiger partial charge < -0.3 is 4.90 Å². The number of piperidine rings is 3.